The summed E-state index contributed by atoms with van der Waals surface area (Å²) in [5, 5.41) is 15.3. The second kappa shape index (κ2) is 5.39. The number of hydrogen-bond acceptors (Lipinski definition) is 3. The number of nitro benzene ring substituents is 1. The van der Waals surface area contributed by atoms with Crippen molar-refractivity contribution >= 4 is 23.0 Å². The molecular weight excluding hydrogens is 312 g/mol. The molecule has 4 nitrogen and oxygen atoms in total. The van der Waals surface area contributed by atoms with Crippen LogP contribution in [-0.2, 0) is 0 Å². The Morgan fingerprint density at radius 3 is 2.87 bits per heavy atom. The second-order valence-electron chi connectivity index (χ2n) is 6.03. The van der Waals surface area contributed by atoms with Gasteiger partial charge in [-0.1, -0.05) is 48.0 Å². The van der Waals surface area contributed by atoms with Crippen LogP contribution in [0, 0.1) is 16.0 Å². The van der Waals surface area contributed by atoms with Gasteiger partial charge in [-0.2, -0.15) is 0 Å². The van der Waals surface area contributed by atoms with Gasteiger partial charge < -0.3 is 5.32 Å². The molecule has 0 unspecified atom stereocenters. The van der Waals surface area contributed by atoms with E-state index in [0.717, 1.165) is 17.7 Å². The van der Waals surface area contributed by atoms with Crippen LogP contribution < -0.4 is 5.32 Å². The Hall–Kier alpha value is -2.33. The Kier molecular flexibility index (Phi) is 3.34. The highest BCUT2D eigenvalue weighted by atomic mass is 35.5. The SMILES string of the molecule is O=[N+]([O-])c1cccc([C@@H]2Nc3c(Cl)cccc3[C@H]3C=CC[C@H]32)c1. The van der Waals surface area contributed by atoms with E-state index in [1.54, 1.807) is 12.1 Å². The first kappa shape index (κ1) is 14.3. The molecule has 0 amide bonds. The van der Waals surface area contributed by atoms with Crippen molar-refractivity contribution in [3.8, 4) is 0 Å². The Balaban J connectivity index is 1.80. The van der Waals surface area contributed by atoms with Crippen LogP contribution in [0.15, 0.2) is 54.6 Å². The number of fused-ring (bicyclic) bond motifs is 3. The molecule has 2 aliphatic rings. The number of allylic oxidation sites excluding steroid dienone is 2. The van der Waals surface area contributed by atoms with E-state index < -0.39 is 0 Å². The lowest BCUT2D eigenvalue weighted by Crippen LogP contribution is -2.29. The molecule has 0 spiro atoms. The first-order valence-corrected chi connectivity index (χ1v) is 7.99. The molecule has 1 heterocycles. The quantitative estimate of drug-likeness (QED) is 0.476. The molecule has 2 aromatic rings. The third kappa shape index (κ3) is 2.30. The molecule has 1 aliphatic heterocycles. The lowest BCUT2D eigenvalue weighted by molar-refractivity contribution is -0.384. The molecule has 3 atom stereocenters. The molecule has 1 aliphatic carbocycles. The number of halogens is 1. The molecule has 116 valence electrons. The Morgan fingerprint density at radius 2 is 2.04 bits per heavy atom. The third-order valence-corrected chi connectivity index (χ3v) is 5.10. The van der Waals surface area contributed by atoms with Gasteiger partial charge in [0.1, 0.15) is 0 Å². The number of nitro groups is 1. The molecule has 0 saturated heterocycles. The van der Waals surface area contributed by atoms with Gasteiger partial charge in [-0.3, -0.25) is 10.1 Å². The number of non-ortho nitro benzene ring substituents is 1. The standard InChI is InChI=1S/C18H15ClN2O2/c19-16-9-3-8-15-13-6-2-7-14(13)17(20-18(15)16)11-4-1-5-12(10-11)21(22)23/h1-6,8-10,13-14,17,20H,7H2/t13-,14+,17-/m0/s1. The van der Waals surface area contributed by atoms with Crippen LogP contribution in [0.5, 0.6) is 0 Å². The van der Waals surface area contributed by atoms with Gasteiger partial charge >= 0.3 is 0 Å². The van der Waals surface area contributed by atoms with E-state index >= 15 is 0 Å². The summed E-state index contributed by atoms with van der Waals surface area (Å²) in [5.74, 6) is 0.650. The molecule has 5 heteroatoms. The molecule has 23 heavy (non-hydrogen) atoms. The van der Waals surface area contributed by atoms with Gasteiger partial charge in [-0.05, 0) is 29.5 Å². The highest BCUT2D eigenvalue weighted by Crippen LogP contribution is 2.51. The minimum absolute atomic E-state index is 0.0160. The zero-order valence-corrected chi connectivity index (χ0v) is 13.0. The van der Waals surface area contributed by atoms with Crippen molar-refractivity contribution in [3.05, 3.63) is 80.9 Å². The fourth-order valence-electron chi connectivity index (χ4n) is 3.75. The maximum absolute atomic E-state index is 11.1. The van der Waals surface area contributed by atoms with Crippen molar-refractivity contribution in [2.45, 2.75) is 18.4 Å². The van der Waals surface area contributed by atoms with E-state index in [0.29, 0.717) is 16.9 Å². The smallest absolute Gasteiger partial charge is 0.269 e. The average molecular weight is 327 g/mol. The van der Waals surface area contributed by atoms with Crippen LogP contribution in [0.25, 0.3) is 0 Å². The summed E-state index contributed by atoms with van der Waals surface area (Å²) in [6.07, 6.45) is 5.37. The van der Waals surface area contributed by atoms with Crippen LogP contribution >= 0.6 is 11.6 Å². The van der Waals surface area contributed by atoms with Gasteiger partial charge in [0, 0.05) is 18.1 Å². The predicted octanol–water partition coefficient (Wildman–Crippen LogP) is 5.07. The van der Waals surface area contributed by atoms with E-state index in [1.165, 1.54) is 11.6 Å². The fourth-order valence-corrected chi connectivity index (χ4v) is 3.98. The molecule has 0 radical (unpaired) electrons. The van der Waals surface area contributed by atoms with Crippen LogP contribution in [-0.4, -0.2) is 4.92 Å². The van der Waals surface area contributed by atoms with Gasteiger partial charge in [0.2, 0.25) is 0 Å². The molecule has 0 saturated carbocycles. The van der Waals surface area contributed by atoms with Crippen molar-refractivity contribution in [2.75, 3.05) is 5.32 Å². The summed E-state index contributed by atoms with van der Waals surface area (Å²) < 4.78 is 0. The largest absolute Gasteiger partial charge is 0.376 e. The average Bonchev–Trinajstić information content (AvgIpc) is 3.04. The molecule has 2 aromatic carbocycles. The van der Waals surface area contributed by atoms with Gasteiger partial charge in [0.25, 0.3) is 5.69 Å². The minimum Gasteiger partial charge on any atom is -0.376 e. The van der Waals surface area contributed by atoms with Gasteiger partial charge in [0.05, 0.1) is 21.7 Å². The minimum atomic E-state index is -0.350. The molecule has 0 bridgehead atoms. The first-order chi connectivity index (χ1) is 11.1. The number of rotatable bonds is 2. The zero-order valence-electron chi connectivity index (χ0n) is 12.3. The zero-order chi connectivity index (χ0) is 16.0. The highest BCUT2D eigenvalue weighted by Gasteiger charge is 2.38. The van der Waals surface area contributed by atoms with Crippen molar-refractivity contribution in [3.63, 3.8) is 0 Å². The molecular formula is C18H15ClN2O2. The Morgan fingerprint density at radius 1 is 1.22 bits per heavy atom. The van der Waals surface area contributed by atoms with E-state index in [2.05, 4.69) is 23.5 Å². The third-order valence-electron chi connectivity index (χ3n) is 4.79. The Labute approximate surface area is 138 Å². The van der Waals surface area contributed by atoms with E-state index in [4.69, 9.17) is 11.6 Å². The summed E-state index contributed by atoms with van der Waals surface area (Å²) in [4.78, 5) is 10.7. The van der Waals surface area contributed by atoms with E-state index in [-0.39, 0.29) is 16.7 Å². The number of anilines is 1. The van der Waals surface area contributed by atoms with Crippen molar-refractivity contribution in [1.82, 2.24) is 0 Å². The summed E-state index contributed by atoms with van der Waals surface area (Å²) in [5.41, 5.74) is 3.21. The van der Waals surface area contributed by atoms with Gasteiger partial charge in [-0.25, -0.2) is 0 Å². The topological polar surface area (TPSA) is 55.2 Å². The van der Waals surface area contributed by atoms with Crippen LogP contribution in [0.3, 0.4) is 0 Å². The highest BCUT2D eigenvalue weighted by molar-refractivity contribution is 6.33. The molecule has 0 fully saturated rings. The summed E-state index contributed by atoms with van der Waals surface area (Å²) in [7, 11) is 0. The van der Waals surface area contributed by atoms with Crippen molar-refractivity contribution in [2.24, 2.45) is 5.92 Å². The number of benzene rings is 2. The second-order valence-corrected chi connectivity index (χ2v) is 6.44. The summed E-state index contributed by atoms with van der Waals surface area (Å²) in [6, 6.07) is 12.8. The lowest BCUT2D eigenvalue weighted by atomic mass is 9.77. The summed E-state index contributed by atoms with van der Waals surface area (Å²) in [6.45, 7) is 0. The van der Waals surface area contributed by atoms with Crippen LogP contribution in [0.1, 0.15) is 29.5 Å². The Bertz CT molecular complexity index is 818. The number of para-hydroxylation sites is 1. The maximum atomic E-state index is 11.1. The van der Waals surface area contributed by atoms with E-state index in [1.807, 2.05) is 18.2 Å². The summed E-state index contributed by atoms with van der Waals surface area (Å²) >= 11 is 6.37. The van der Waals surface area contributed by atoms with Gasteiger partial charge in [-0.15, -0.1) is 0 Å². The van der Waals surface area contributed by atoms with Crippen LogP contribution in [0.2, 0.25) is 5.02 Å². The fraction of sp³-hybridized carbons (Fsp3) is 0.222. The molecule has 0 aromatic heterocycles. The maximum Gasteiger partial charge on any atom is 0.269 e. The van der Waals surface area contributed by atoms with E-state index in [9.17, 15) is 10.1 Å². The van der Waals surface area contributed by atoms with Crippen LogP contribution in [0.4, 0.5) is 11.4 Å². The monoisotopic (exact) mass is 326 g/mol. The number of hydrogen-bond donors (Lipinski definition) is 1. The molecule has 1 N–H and O–H groups in total. The van der Waals surface area contributed by atoms with Crippen molar-refractivity contribution < 1.29 is 4.92 Å². The predicted molar refractivity (Wildman–Crippen MR) is 90.9 cm³/mol. The molecule has 4 rings (SSSR count). The first-order valence-electron chi connectivity index (χ1n) is 7.61. The normalized spacial score (nSPS) is 24.7. The van der Waals surface area contributed by atoms with Gasteiger partial charge in [0.15, 0.2) is 0 Å². The lowest BCUT2D eigenvalue weighted by Gasteiger charge is -2.37. The number of nitrogens with zero attached hydrogens (tertiary/aromatic N) is 1. The number of nitrogens with one attached hydrogen (secondary N) is 1. The van der Waals surface area contributed by atoms with Crippen molar-refractivity contribution in [1.29, 1.82) is 0 Å².